The maximum Gasteiger partial charge on any atom is 0.192 e. The minimum Gasteiger partial charge on any atom is -0.414 e. The largest absolute Gasteiger partial charge is 0.414 e. The van der Waals surface area contributed by atoms with Gasteiger partial charge in [0, 0.05) is 12.2 Å². The van der Waals surface area contributed by atoms with Gasteiger partial charge in [-0.2, -0.15) is 5.26 Å². The maximum atomic E-state index is 14.3. The Kier molecular flexibility index (Phi) is 17.2. The number of halogens is 1. The number of benzene rings is 1. The van der Waals surface area contributed by atoms with Crippen LogP contribution in [0.4, 0.5) is 4.39 Å². The third-order valence-corrected chi connectivity index (χ3v) is 12.0. The molecule has 0 aliphatic rings. The van der Waals surface area contributed by atoms with Crippen molar-refractivity contribution < 1.29 is 18.3 Å². The maximum absolute atomic E-state index is 14.3. The topological polar surface area (TPSA) is 51.5 Å². The quantitative estimate of drug-likeness (QED) is 0.116. The Bertz CT molecular complexity index is 773. The van der Waals surface area contributed by atoms with Crippen LogP contribution in [-0.2, 0) is 20.5 Å². The Morgan fingerprint density at radius 3 is 1.97 bits per heavy atom. The van der Waals surface area contributed by atoms with Crippen molar-refractivity contribution >= 4 is 8.32 Å². The molecule has 212 valence electrons. The smallest absolute Gasteiger partial charge is 0.192 e. The van der Waals surface area contributed by atoms with Crippen molar-refractivity contribution in [2.24, 2.45) is 0 Å². The number of ether oxygens (including phenoxy) is 2. The molecule has 0 saturated heterocycles. The number of nitrogens with zero attached hydrogens (tertiary/aromatic N) is 1. The fraction of sp³-hybridized carbons (Fsp3) is 0.774. The normalized spacial score (nSPS) is 13.0. The van der Waals surface area contributed by atoms with Crippen molar-refractivity contribution in [1.82, 2.24) is 0 Å². The molecule has 1 aromatic rings. The highest BCUT2D eigenvalue weighted by Gasteiger charge is 2.37. The molecule has 0 fully saturated rings. The fourth-order valence-corrected chi connectivity index (χ4v) is 4.90. The van der Waals surface area contributed by atoms with E-state index in [2.05, 4.69) is 40.8 Å². The SMILES string of the molecule is CCCCCCCCCCCCCCOC[C@H](CO[Si](C)(C)C(C)(C)C)OCc1ccc(C#N)cc1F. The summed E-state index contributed by atoms with van der Waals surface area (Å²) >= 11 is 0. The summed E-state index contributed by atoms with van der Waals surface area (Å²) in [6.07, 6.45) is 15.6. The summed E-state index contributed by atoms with van der Waals surface area (Å²) in [5.74, 6) is -0.416. The molecule has 0 N–H and O–H groups in total. The zero-order valence-corrected chi connectivity index (χ0v) is 25.7. The van der Waals surface area contributed by atoms with Crippen LogP contribution in [0.2, 0.25) is 18.1 Å². The first kappa shape index (κ1) is 33.8. The molecule has 1 atom stereocenters. The van der Waals surface area contributed by atoms with Gasteiger partial charge in [-0.15, -0.1) is 0 Å². The molecule has 0 aliphatic heterocycles. The molecular formula is C31H54FNO3Si. The third kappa shape index (κ3) is 15.0. The Balaban J connectivity index is 2.35. The summed E-state index contributed by atoms with van der Waals surface area (Å²) in [7, 11) is -1.93. The van der Waals surface area contributed by atoms with E-state index in [1.165, 1.54) is 76.7 Å². The minimum absolute atomic E-state index is 0.104. The Morgan fingerprint density at radius 2 is 1.46 bits per heavy atom. The summed E-state index contributed by atoms with van der Waals surface area (Å²) in [4.78, 5) is 0. The first-order valence-electron chi connectivity index (χ1n) is 14.6. The van der Waals surface area contributed by atoms with Gasteiger partial charge in [0.2, 0.25) is 0 Å². The van der Waals surface area contributed by atoms with Crippen LogP contribution in [0.3, 0.4) is 0 Å². The van der Waals surface area contributed by atoms with Gasteiger partial charge in [0.05, 0.1) is 31.5 Å². The van der Waals surface area contributed by atoms with Crippen molar-refractivity contribution in [3.63, 3.8) is 0 Å². The molecule has 0 aliphatic carbocycles. The molecule has 0 aromatic heterocycles. The van der Waals surface area contributed by atoms with Gasteiger partial charge in [-0.1, -0.05) is 104 Å². The van der Waals surface area contributed by atoms with Crippen molar-refractivity contribution in [3.05, 3.63) is 35.1 Å². The lowest BCUT2D eigenvalue weighted by Crippen LogP contribution is -2.43. The Labute approximate surface area is 228 Å². The van der Waals surface area contributed by atoms with E-state index in [0.29, 0.717) is 30.9 Å². The van der Waals surface area contributed by atoms with Crippen molar-refractivity contribution in [3.8, 4) is 6.07 Å². The summed E-state index contributed by atoms with van der Waals surface area (Å²) < 4.78 is 32.7. The van der Waals surface area contributed by atoms with Gasteiger partial charge in [0.1, 0.15) is 11.9 Å². The van der Waals surface area contributed by atoms with E-state index in [4.69, 9.17) is 19.2 Å². The van der Waals surface area contributed by atoms with Crippen LogP contribution >= 0.6 is 0 Å². The number of unbranched alkanes of at least 4 members (excludes halogenated alkanes) is 11. The average Bonchev–Trinajstić information content (AvgIpc) is 2.85. The fourth-order valence-electron chi connectivity index (χ4n) is 3.86. The van der Waals surface area contributed by atoms with Gasteiger partial charge >= 0.3 is 0 Å². The second-order valence-electron chi connectivity index (χ2n) is 11.9. The first-order chi connectivity index (χ1) is 17.6. The summed E-state index contributed by atoms with van der Waals surface area (Å²) in [6, 6.07) is 6.45. The highest BCUT2D eigenvalue weighted by atomic mass is 28.4. The van der Waals surface area contributed by atoms with Gasteiger partial charge in [0.25, 0.3) is 0 Å². The van der Waals surface area contributed by atoms with E-state index < -0.39 is 14.1 Å². The summed E-state index contributed by atoms with van der Waals surface area (Å²) in [5, 5.41) is 9.07. The molecule has 1 aromatic carbocycles. The molecule has 6 heteroatoms. The second-order valence-corrected chi connectivity index (χ2v) is 16.7. The second kappa shape index (κ2) is 18.9. The molecule has 0 heterocycles. The van der Waals surface area contributed by atoms with Crippen LogP contribution in [0.25, 0.3) is 0 Å². The van der Waals surface area contributed by atoms with Crippen LogP contribution in [0.5, 0.6) is 0 Å². The first-order valence-corrected chi connectivity index (χ1v) is 17.5. The van der Waals surface area contributed by atoms with E-state index in [-0.39, 0.29) is 17.7 Å². The van der Waals surface area contributed by atoms with E-state index >= 15 is 0 Å². The Hall–Kier alpha value is -1.26. The van der Waals surface area contributed by atoms with Crippen molar-refractivity contribution in [2.75, 3.05) is 19.8 Å². The molecule has 0 radical (unpaired) electrons. The molecule has 0 saturated carbocycles. The van der Waals surface area contributed by atoms with Crippen LogP contribution < -0.4 is 0 Å². The van der Waals surface area contributed by atoms with Gasteiger partial charge in [-0.25, -0.2) is 4.39 Å². The highest BCUT2D eigenvalue weighted by Crippen LogP contribution is 2.36. The molecule has 4 nitrogen and oxygen atoms in total. The molecule has 0 amide bonds. The van der Waals surface area contributed by atoms with E-state index in [1.807, 2.05) is 6.07 Å². The molecule has 0 bridgehead atoms. The molecule has 0 unspecified atom stereocenters. The van der Waals surface area contributed by atoms with Crippen molar-refractivity contribution in [2.45, 2.75) is 136 Å². The minimum atomic E-state index is -1.93. The Morgan fingerprint density at radius 1 is 0.892 bits per heavy atom. The average molecular weight is 536 g/mol. The molecular weight excluding hydrogens is 481 g/mol. The highest BCUT2D eigenvalue weighted by molar-refractivity contribution is 6.74. The number of hydrogen-bond acceptors (Lipinski definition) is 4. The molecule has 1 rings (SSSR count). The van der Waals surface area contributed by atoms with E-state index in [1.54, 1.807) is 12.1 Å². The summed E-state index contributed by atoms with van der Waals surface area (Å²) in [6.45, 7) is 15.1. The predicted molar refractivity (Wildman–Crippen MR) is 155 cm³/mol. The van der Waals surface area contributed by atoms with E-state index in [0.717, 1.165) is 6.42 Å². The van der Waals surface area contributed by atoms with Gasteiger partial charge < -0.3 is 13.9 Å². The zero-order chi connectivity index (χ0) is 27.6. The standard InChI is InChI=1S/C31H54FNO3Si/c1-7-8-9-10-11-12-13-14-15-16-17-18-21-34-25-29(26-36-37(5,6)31(2,3)4)35-24-28-20-19-27(23-33)22-30(28)32/h19-20,22,29H,7-18,21,24-26H2,1-6H3/t29-/m1/s1. The van der Waals surface area contributed by atoms with Gasteiger partial charge in [-0.05, 0) is 36.7 Å². The van der Waals surface area contributed by atoms with E-state index in [9.17, 15) is 4.39 Å². The monoisotopic (exact) mass is 535 g/mol. The van der Waals surface area contributed by atoms with Gasteiger partial charge in [0.15, 0.2) is 8.32 Å². The van der Waals surface area contributed by atoms with Crippen molar-refractivity contribution in [1.29, 1.82) is 5.26 Å². The van der Waals surface area contributed by atoms with Crippen LogP contribution in [0.15, 0.2) is 18.2 Å². The van der Waals surface area contributed by atoms with Crippen LogP contribution in [-0.4, -0.2) is 34.2 Å². The lowest BCUT2D eigenvalue weighted by molar-refractivity contribution is -0.0483. The predicted octanol–water partition coefficient (Wildman–Crippen LogP) is 9.32. The molecule has 0 spiro atoms. The zero-order valence-electron chi connectivity index (χ0n) is 24.7. The number of nitriles is 1. The lowest BCUT2D eigenvalue weighted by atomic mass is 10.1. The van der Waals surface area contributed by atoms with Gasteiger partial charge in [-0.3, -0.25) is 0 Å². The van der Waals surface area contributed by atoms with Crippen LogP contribution in [0, 0.1) is 17.1 Å². The molecule has 37 heavy (non-hydrogen) atoms. The number of rotatable bonds is 21. The third-order valence-electron chi connectivity index (χ3n) is 7.54. The number of hydrogen-bond donors (Lipinski definition) is 0. The summed E-state index contributed by atoms with van der Waals surface area (Å²) in [5.41, 5.74) is 0.752. The lowest BCUT2D eigenvalue weighted by Gasteiger charge is -2.37. The van der Waals surface area contributed by atoms with Crippen LogP contribution in [0.1, 0.15) is 116 Å².